The number of nitrogens with one attached hydrogen (secondary N) is 1. The van der Waals surface area contributed by atoms with Gasteiger partial charge in [-0.15, -0.1) is 0 Å². The Bertz CT molecular complexity index is 383. The van der Waals surface area contributed by atoms with Gasteiger partial charge in [-0.2, -0.15) is 0 Å². The Kier molecular flexibility index (Phi) is 4.11. The predicted molar refractivity (Wildman–Crippen MR) is 67.2 cm³/mol. The Morgan fingerprint density at radius 2 is 2.18 bits per heavy atom. The molecule has 3 nitrogen and oxygen atoms in total. The van der Waals surface area contributed by atoms with Crippen LogP contribution < -0.4 is 5.32 Å². The lowest BCUT2D eigenvalue weighted by atomic mass is 9.84. The van der Waals surface area contributed by atoms with Gasteiger partial charge in [0.25, 0.3) is 5.91 Å². The zero-order valence-corrected chi connectivity index (χ0v) is 10.8. The number of carbonyl (C=O) groups is 1. The van der Waals surface area contributed by atoms with Crippen molar-refractivity contribution in [1.29, 1.82) is 0 Å². The second-order valence-corrected chi connectivity index (χ2v) is 5.11. The number of hydrogen-bond acceptors (Lipinski definition) is 2. The molecule has 94 valence electrons. The Balaban J connectivity index is 1.92. The van der Waals surface area contributed by atoms with E-state index in [1.165, 1.54) is 38.4 Å². The molecule has 1 amide bonds. The maximum absolute atomic E-state index is 11.9. The number of halogens is 1. The minimum Gasteiger partial charge on any atom is -0.452 e. The van der Waals surface area contributed by atoms with Crippen molar-refractivity contribution in [1.82, 2.24) is 5.32 Å². The summed E-state index contributed by atoms with van der Waals surface area (Å²) in [5.74, 6) is 0.459. The maximum Gasteiger partial charge on any atom is 0.256 e. The normalized spacial score (nSPS) is 18.9. The first kappa shape index (κ1) is 12.5. The van der Waals surface area contributed by atoms with E-state index in [0.29, 0.717) is 11.5 Å². The SMILES string of the molecule is C[C@H](NC(=O)c1ccoc1Cl)C1CCCCC1. The third-order valence-electron chi connectivity index (χ3n) is 3.58. The van der Waals surface area contributed by atoms with E-state index in [9.17, 15) is 4.79 Å². The van der Waals surface area contributed by atoms with Crippen LogP contribution in [0.25, 0.3) is 0 Å². The predicted octanol–water partition coefficient (Wildman–Crippen LogP) is 3.63. The van der Waals surface area contributed by atoms with Gasteiger partial charge in [-0.1, -0.05) is 19.3 Å². The fraction of sp³-hybridized carbons (Fsp3) is 0.615. The van der Waals surface area contributed by atoms with Crippen molar-refractivity contribution in [3.05, 3.63) is 23.1 Å². The lowest BCUT2D eigenvalue weighted by molar-refractivity contribution is 0.0919. The van der Waals surface area contributed by atoms with Gasteiger partial charge in [0, 0.05) is 6.04 Å². The molecule has 1 aromatic rings. The van der Waals surface area contributed by atoms with Crippen LogP contribution in [0.4, 0.5) is 0 Å². The number of amides is 1. The van der Waals surface area contributed by atoms with E-state index in [4.69, 9.17) is 16.0 Å². The zero-order valence-electron chi connectivity index (χ0n) is 10.0. The molecule has 0 spiro atoms. The first-order valence-electron chi connectivity index (χ1n) is 6.22. The molecule has 0 unspecified atom stereocenters. The molecule has 0 radical (unpaired) electrons. The minimum atomic E-state index is -0.137. The van der Waals surface area contributed by atoms with Crippen LogP contribution in [0.5, 0.6) is 0 Å². The lowest BCUT2D eigenvalue weighted by Gasteiger charge is -2.28. The molecule has 2 rings (SSSR count). The highest BCUT2D eigenvalue weighted by molar-refractivity contribution is 6.32. The standard InChI is InChI=1S/C13H18ClNO2/c1-9(10-5-3-2-4-6-10)15-13(16)11-7-8-17-12(11)14/h7-10H,2-6H2,1H3,(H,15,16)/t9-/m0/s1. The molecule has 1 heterocycles. The van der Waals surface area contributed by atoms with Gasteiger partial charge < -0.3 is 9.73 Å². The van der Waals surface area contributed by atoms with Crippen molar-refractivity contribution in [2.24, 2.45) is 5.92 Å². The van der Waals surface area contributed by atoms with Gasteiger partial charge in [0.05, 0.1) is 11.8 Å². The van der Waals surface area contributed by atoms with E-state index in [-0.39, 0.29) is 17.2 Å². The molecule has 1 aliphatic carbocycles. The van der Waals surface area contributed by atoms with Crippen LogP contribution >= 0.6 is 11.6 Å². The van der Waals surface area contributed by atoms with Crippen LogP contribution in [0.15, 0.2) is 16.7 Å². The molecule has 0 aliphatic heterocycles. The average molecular weight is 256 g/mol. The maximum atomic E-state index is 11.9. The Labute approximate surface area is 107 Å². The molecular weight excluding hydrogens is 238 g/mol. The second kappa shape index (κ2) is 5.58. The number of furan rings is 1. The van der Waals surface area contributed by atoms with Crippen molar-refractivity contribution in [2.45, 2.75) is 45.1 Å². The topological polar surface area (TPSA) is 42.2 Å². The Morgan fingerprint density at radius 1 is 1.47 bits per heavy atom. The summed E-state index contributed by atoms with van der Waals surface area (Å²) in [6.45, 7) is 2.07. The fourth-order valence-electron chi connectivity index (χ4n) is 2.49. The van der Waals surface area contributed by atoms with E-state index in [1.807, 2.05) is 0 Å². The van der Waals surface area contributed by atoms with Gasteiger partial charge in [-0.05, 0) is 43.4 Å². The summed E-state index contributed by atoms with van der Waals surface area (Å²) in [5, 5.41) is 3.17. The summed E-state index contributed by atoms with van der Waals surface area (Å²) in [6.07, 6.45) is 7.73. The van der Waals surface area contributed by atoms with Gasteiger partial charge >= 0.3 is 0 Å². The summed E-state index contributed by atoms with van der Waals surface area (Å²) < 4.78 is 4.92. The number of carbonyl (C=O) groups excluding carboxylic acids is 1. The highest BCUT2D eigenvalue weighted by atomic mass is 35.5. The van der Waals surface area contributed by atoms with Crippen molar-refractivity contribution in [3.8, 4) is 0 Å². The molecule has 1 aliphatic rings. The summed E-state index contributed by atoms with van der Waals surface area (Å²) >= 11 is 5.78. The van der Waals surface area contributed by atoms with Gasteiger partial charge in [-0.3, -0.25) is 4.79 Å². The first-order valence-corrected chi connectivity index (χ1v) is 6.60. The smallest absolute Gasteiger partial charge is 0.256 e. The summed E-state index contributed by atoms with van der Waals surface area (Å²) in [4.78, 5) is 11.9. The number of hydrogen-bond donors (Lipinski definition) is 1. The van der Waals surface area contributed by atoms with E-state index < -0.39 is 0 Å². The molecule has 1 N–H and O–H groups in total. The van der Waals surface area contributed by atoms with Gasteiger partial charge in [0.1, 0.15) is 0 Å². The molecule has 0 saturated heterocycles. The van der Waals surface area contributed by atoms with Gasteiger partial charge in [0.2, 0.25) is 5.22 Å². The molecule has 1 saturated carbocycles. The molecule has 1 aromatic heterocycles. The molecule has 17 heavy (non-hydrogen) atoms. The third-order valence-corrected chi connectivity index (χ3v) is 3.87. The van der Waals surface area contributed by atoms with Gasteiger partial charge in [0.15, 0.2) is 0 Å². The zero-order chi connectivity index (χ0) is 12.3. The second-order valence-electron chi connectivity index (χ2n) is 4.77. The Morgan fingerprint density at radius 3 is 2.76 bits per heavy atom. The van der Waals surface area contributed by atoms with E-state index in [1.54, 1.807) is 6.07 Å². The van der Waals surface area contributed by atoms with E-state index >= 15 is 0 Å². The highest BCUT2D eigenvalue weighted by Gasteiger charge is 2.23. The molecule has 1 fully saturated rings. The van der Waals surface area contributed by atoms with Crippen LogP contribution in [0.3, 0.4) is 0 Å². The summed E-state index contributed by atoms with van der Waals surface area (Å²) in [6, 6.07) is 1.80. The monoisotopic (exact) mass is 255 g/mol. The van der Waals surface area contributed by atoms with Crippen LogP contribution in [-0.2, 0) is 0 Å². The third kappa shape index (κ3) is 3.03. The average Bonchev–Trinajstić information content (AvgIpc) is 2.76. The highest BCUT2D eigenvalue weighted by Crippen LogP contribution is 2.26. The van der Waals surface area contributed by atoms with Crippen LogP contribution in [-0.4, -0.2) is 11.9 Å². The minimum absolute atomic E-state index is 0.137. The Hall–Kier alpha value is -0.960. The quantitative estimate of drug-likeness (QED) is 0.896. The van der Waals surface area contributed by atoms with Crippen molar-refractivity contribution in [3.63, 3.8) is 0 Å². The van der Waals surface area contributed by atoms with Crippen LogP contribution in [0.1, 0.15) is 49.4 Å². The fourth-order valence-corrected chi connectivity index (χ4v) is 2.69. The van der Waals surface area contributed by atoms with Crippen LogP contribution in [0.2, 0.25) is 5.22 Å². The molecule has 0 bridgehead atoms. The van der Waals surface area contributed by atoms with E-state index in [2.05, 4.69) is 12.2 Å². The van der Waals surface area contributed by atoms with Gasteiger partial charge in [-0.25, -0.2) is 0 Å². The summed E-state index contributed by atoms with van der Waals surface area (Å²) in [7, 11) is 0. The lowest BCUT2D eigenvalue weighted by Crippen LogP contribution is -2.38. The van der Waals surface area contributed by atoms with Crippen LogP contribution in [0, 0.1) is 5.92 Å². The number of rotatable bonds is 3. The molecule has 4 heteroatoms. The molecule has 1 atom stereocenters. The molecular formula is C13H18ClNO2. The van der Waals surface area contributed by atoms with Crippen molar-refractivity contribution < 1.29 is 9.21 Å². The first-order chi connectivity index (χ1) is 8.18. The summed E-state index contributed by atoms with van der Waals surface area (Å²) in [5.41, 5.74) is 0.425. The van der Waals surface area contributed by atoms with E-state index in [0.717, 1.165) is 0 Å². The molecule has 0 aromatic carbocycles. The van der Waals surface area contributed by atoms with Crippen molar-refractivity contribution >= 4 is 17.5 Å². The largest absolute Gasteiger partial charge is 0.452 e. The van der Waals surface area contributed by atoms with Crippen molar-refractivity contribution in [2.75, 3.05) is 0 Å².